The van der Waals surface area contributed by atoms with Gasteiger partial charge in [-0.05, 0) is 24.5 Å². The van der Waals surface area contributed by atoms with E-state index in [1.807, 2.05) is 12.1 Å². The Labute approximate surface area is 155 Å². The van der Waals surface area contributed by atoms with E-state index in [0.717, 1.165) is 37.4 Å². The minimum atomic E-state index is -0.931. The monoisotopic (exact) mass is 353 g/mol. The van der Waals surface area contributed by atoms with E-state index >= 15 is 0 Å². The zero-order valence-electron chi connectivity index (χ0n) is 15.8. The summed E-state index contributed by atoms with van der Waals surface area (Å²) in [5, 5.41) is 12.1. The van der Waals surface area contributed by atoms with Crippen molar-refractivity contribution in [1.82, 2.24) is 4.90 Å². The number of benzene rings is 1. The van der Waals surface area contributed by atoms with Gasteiger partial charge in [0.05, 0.1) is 12.5 Å². The number of nitrogens with zero attached hydrogens (tertiary/aromatic N) is 1. The first-order valence-electron chi connectivity index (χ1n) is 9.54. The standard InChI is InChI=1S/C22H27NO3/c1-5-11-23-12-10-21-17-14-6-7-15(25-4)18(17)26-19(21)20(2,3)8-9-22(21,24)16(23)13-14/h5-9,16,19,24H,1,10-13H2,2-4H3/t16-,19+,21+,22-/m0/s1. The first-order chi connectivity index (χ1) is 12.4. The molecule has 1 spiro atoms. The van der Waals surface area contributed by atoms with E-state index in [4.69, 9.17) is 9.47 Å². The molecule has 0 unspecified atom stereocenters. The van der Waals surface area contributed by atoms with Gasteiger partial charge in [-0.1, -0.05) is 38.1 Å². The fourth-order valence-electron chi connectivity index (χ4n) is 6.16. The van der Waals surface area contributed by atoms with E-state index < -0.39 is 11.0 Å². The molecule has 4 nitrogen and oxygen atoms in total. The fourth-order valence-corrected chi connectivity index (χ4v) is 6.16. The van der Waals surface area contributed by atoms with E-state index in [1.165, 1.54) is 11.1 Å². The molecule has 4 aliphatic rings. The number of methoxy groups -OCH3 is 1. The van der Waals surface area contributed by atoms with E-state index in [1.54, 1.807) is 7.11 Å². The highest BCUT2D eigenvalue weighted by Gasteiger charge is 2.72. The van der Waals surface area contributed by atoms with Crippen LogP contribution in [0, 0.1) is 5.41 Å². The molecular weight excluding hydrogens is 326 g/mol. The molecule has 1 saturated heterocycles. The van der Waals surface area contributed by atoms with Gasteiger partial charge in [-0.3, -0.25) is 4.90 Å². The maximum Gasteiger partial charge on any atom is 0.165 e. The van der Waals surface area contributed by atoms with E-state index in [0.29, 0.717) is 0 Å². The van der Waals surface area contributed by atoms with Crippen LogP contribution in [0.25, 0.3) is 0 Å². The Morgan fingerprint density at radius 3 is 2.92 bits per heavy atom. The normalized spacial score (nSPS) is 38.5. The molecular formula is C22H27NO3. The van der Waals surface area contributed by atoms with Gasteiger partial charge in [-0.15, -0.1) is 6.58 Å². The molecule has 1 aromatic rings. The minimum Gasteiger partial charge on any atom is -0.493 e. The summed E-state index contributed by atoms with van der Waals surface area (Å²) < 4.78 is 12.2. The predicted molar refractivity (Wildman–Crippen MR) is 101 cm³/mol. The highest BCUT2D eigenvalue weighted by molar-refractivity contribution is 5.64. The number of rotatable bonds is 3. The molecule has 1 fully saturated rings. The molecule has 5 rings (SSSR count). The van der Waals surface area contributed by atoms with Gasteiger partial charge in [0.25, 0.3) is 0 Å². The van der Waals surface area contributed by atoms with Crippen LogP contribution in [-0.2, 0) is 11.8 Å². The first-order valence-corrected chi connectivity index (χ1v) is 9.54. The summed E-state index contributed by atoms with van der Waals surface area (Å²) in [7, 11) is 1.69. The SMILES string of the molecule is C=CCN1CC[C@@]23c4c5ccc(OC)c4O[C@@H]2C(C)(C)C=C[C@]3(O)[C@@H]1C5. The highest BCUT2D eigenvalue weighted by atomic mass is 16.5. The van der Waals surface area contributed by atoms with Gasteiger partial charge in [0.2, 0.25) is 0 Å². The number of likely N-dealkylation sites (tertiary alicyclic amines) is 1. The predicted octanol–water partition coefficient (Wildman–Crippen LogP) is 2.84. The third kappa shape index (κ3) is 1.64. The fraction of sp³-hybridized carbons (Fsp3) is 0.545. The van der Waals surface area contributed by atoms with Crippen molar-refractivity contribution >= 4 is 0 Å². The zero-order valence-corrected chi connectivity index (χ0v) is 15.8. The van der Waals surface area contributed by atoms with Gasteiger partial charge in [0.1, 0.15) is 11.7 Å². The quantitative estimate of drug-likeness (QED) is 0.849. The Hall–Kier alpha value is -1.78. The second-order valence-electron chi connectivity index (χ2n) is 8.83. The lowest BCUT2D eigenvalue weighted by Crippen LogP contribution is -2.75. The van der Waals surface area contributed by atoms with Crippen molar-refractivity contribution in [3.05, 3.63) is 48.1 Å². The van der Waals surface area contributed by atoms with Crippen LogP contribution in [0.4, 0.5) is 0 Å². The van der Waals surface area contributed by atoms with E-state index in [-0.39, 0.29) is 17.6 Å². The van der Waals surface area contributed by atoms with Crippen molar-refractivity contribution in [3.63, 3.8) is 0 Å². The van der Waals surface area contributed by atoms with Crippen molar-refractivity contribution in [2.75, 3.05) is 20.2 Å². The molecule has 1 aromatic carbocycles. The topological polar surface area (TPSA) is 41.9 Å². The lowest BCUT2D eigenvalue weighted by Gasteiger charge is -2.63. The van der Waals surface area contributed by atoms with Crippen molar-refractivity contribution < 1.29 is 14.6 Å². The second-order valence-corrected chi connectivity index (χ2v) is 8.83. The van der Waals surface area contributed by atoms with Gasteiger partial charge >= 0.3 is 0 Å². The van der Waals surface area contributed by atoms with Gasteiger partial charge in [0.15, 0.2) is 11.5 Å². The lowest BCUT2D eigenvalue weighted by atomic mass is 9.47. The molecule has 0 aromatic heterocycles. The van der Waals surface area contributed by atoms with Crippen LogP contribution in [0.2, 0.25) is 0 Å². The van der Waals surface area contributed by atoms with Crippen LogP contribution in [-0.4, -0.2) is 48.0 Å². The number of aliphatic hydroxyl groups is 1. The number of ether oxygens (including phenoxy) is 2. The average Bonchev–Trinajstić information content (AvgIpc) is 2.97. The molecule has 138 valence electrons. The van der Waals surface area contributed by atoms with Crippen molar-refractivity contribution in [3.8, 4) is 11.5 Å². The Morgan fingerprint density at radius 2 is 2.19 bits per heavy atom. The van der Waals surface area contributed by atoms with E-state index in [2.05, 4.69) is 43.5 Å². The summed E-state index contributed by atoms with van der Waals surface area (Å²) in [6.45, 7) is 10.1. The maximum absolute atomic E-state index is 12.1. The van der Waals surface area contributed by atoms with E-state index in [9.17, 15) is 5.11 Å². The minimum absolute atomic E-state index is 0.0412. The molecule has 0 amide bonds. The summed E-state index contributed by atoms with van der Waals surface area (Å²) in [5.74, 6) is 1.62. The third-order valence-electron chi connectivity index (χ3n) is 7.23. The van der Waals surface area contributed by atoms with Crippen LogP contribution in [0.1, 0.15) is 31.4 Å². The van der Waals surface area contributed by atoms with Gasteiger partial charge in [-0.2, -0.15) is 0 Å². The summed E-state index contributed by atoms with van der Waals surface area (Å²) >= 11 is 0. The summed E-state index contributed by atoms with van der Waals surface area (Å²) in [5.41, 5.74) is 0.981. The van der Waals surface area contributed by atoms with Crippen molar-refractivity contribution in [2.45, 2.75) is 49.9 Å². The highest BCUT2D eigenvalue weighted by Crippen LogP contribution is 2.66. The van der Waals surface area contributed by atoms with Crippen LogP contribution in [0.3, 0.4) is 0 Å². The molecule has 26 heavy (non-hydrogen) atoms. The Bertz CT molecular complexity index is 829. The maximum atomic E-state index is 12.1. The molecule has 1 N–H and O–H groups in total. The molecule has 2 heterocycles. The number of hydrogen-bond acceptors (Lipinski definition) is 4. The molecule has 0 radical (unpaired) electrons. The Kier molecular flexibility index (Phi) is 3.11. The second kappa shape index (κ2) is 4.93. The van der Waals surface area contributed by atoms with Gasteiger partial charge in [-0.25, -0.2) is 0 Å². The Morgan fingerprint density at radius 1 is 1.38 bits per heavy atom. The summed E-state index contributed by atoms with van der Waals surface area (Å²) in [6, 6.07) is 4.22. The van der Waals surface area contributed by atoms with Crippen LogP contribution in [0.15, 0.2) is 36.9 Å². The average molecular weight is 353 g/mol. The summed E-state index contributed by atoms with van der Waals surface area (Å²) in [4.78, 5) is 2.38. The lowest BCUT2D eigenvalue weighted by molar-refractivity contribution is -0.155. The van der Waals surface area contributed by atoms with Crippen molar-refractivity contribution in [2.24, 2.45) is 5.41 Å². The largest absolute Gasteiger partial charge is 0.493 e. The van der Waals surface area contributed by atoms with Crippen LogP contribution in [0.5, 0.6) is 11.5 Å². The number of hydrogen-bond donors (Lipinski definition) is 1. The third-order valence-corrected chi connectivity index (χ3v) is 7.23. The summed E-state index contributed by atoms with van der Waals surface area (Å²) in [6.07, 6.45) is 7.77. The molecule has 0 saturated carbocycles. The number of piperidine rings is 1. The van der Waals surface area contributed by atoms with Gasteiger partial charge in [0, 0.05) is 30.1 Å². The zero-order chi connectivity index (χ0) is 18.3. The molecule has 4 heteroatoms. The molecule has 2 bridgehead atoms. The molecule has 4 atom stereocenters. The smallest absolute Gasteiger partial charge is 0.165 e. The van der Waals surface area contributed by atoms with Crippen LogP contribution < -0.4 is 9.47 Å². The van der Waals surface area contributed by atoms with Gasteiger partial charge < -0.3 is 14.6 Å². The molecule has 2 aliphatic heterocycles. The van der Waals surface area contributed by atoms with Crippen LogP contribution >= 0.6 is 0 Å². The van der Waals surface area contributed by atoms with Crippen molar-refractivity contribution in [1.29, 1.82) is 0 Å². The Balaban J connectivity index is 1.82. The first kappa shape index (κ1) is 16.4. The molecule has 2 aliphatic carbocycles.